The molecule has 4 heteroatoms. The Bertz CT molecular complexity index is 453. The van der Waals surface area contributed by atoms with Gasteiger partial charge < -0.3 is 4.90 Å². The van der Waals surface area contributed by atoms with E-state index in [-0.39, 0.29) is 11.6 Å². The highest BCUT2D eigenvalue weighted by Gasteiger charge is 2.18. The third kappa shape index (κ3) is 3.61. The number of hydrogen-bond acceptors (Lipinski definition) is 3. The van der Waals surface area contributed by atoms with E-state index in [9.17, 15) is 9.18 Å². The van der Waals surface area contributed by atoms with Gasteiger partial charge in [-0.2, -0.15) is 0 Å². The molecule has 19 heavy (non-hydrogen) atoms. The lowest BCUT2D eigenvalue weighted by molar-refractivity contribution is 0.0859. The van der Waals surface area contributed by atoms with Crippen LogP contribution in [0.5, 0.6) is 0 Å². The van der Waals surface area contributed by atoms with Crippen LogP contribution in [0.3, 0.4) is 0 Å². The van der Waals surface area contributed by atoms with Crippen molar-refractivity contribution in [2.45, 2.75) is 13.8 Å². The Morgan fingerprint density at radius 2 is 1.84 bits per heavy atom. The molecule has 0 bridgehead atoms. The third-order valence-electron chi connectivity index (χ3n) is 3.76. The lowest BCUT2D eigenvalue weighted by Gasteiger charge is -2.33. The van der Waals surface area contributed by atoms with E-state index in [0.717, 1.165) is 32.7 Å². The van der Waals surface area contributed by atoms with E-state index in [2.05, 4.69) is 16.7 Å². The van der Waals surface area contributed by atoms with Crippen molar-refractivity contribution in [1.29, 1.82) is 0 Å². The number of halogens is 1. The van der Waals surface area contributed by atoms with Crippen LogP contribution in [0.2, 0.25) is 0 Å². The predicted octanol–water partition coefficient (Wildman–Crippen LogP) is 1.95. The van der Waals surface area contributed by atoms with Gasteiger partial charge in [0.15, 0.2) is 5.78 Å². The Balaban J connectivity index is 1.92. The minimum Gasteiger partial charge on any atom is -0.301 e. The lowest BCUT2D eigenvalue weighted by Crippen LogP contribution is -2.47. The zero-order chi connectivity index (χ0) is 13.8. The second-order valence-electron chi connectivity index (χ2n) is 5.10. The van der Waals surface area contributed by atoms with Crippen LogP contribution in [0.25, 0.3) is 0 Å². The Morgan fingerprint density at radius 3 is 2.42 bits per heavy atom. The zero-order valence-electron chi connectivity index (χ0n) is 11.7. The Labute approximate surface area is 114 Å². The van der Waals surface area contributed by atoms with Crippen LogP contribution in [-0.4, -0.2) is 54.9 Å². The largest absolute Gasteiger partial charge is 0.301 e. The molecule has 0 aliphatic carbocycles. The monoisotopic (exact) mass is 264 g/mol. The van der Waals surface area contributed by atoms with Crippen LogP contribution in [0.4, 0.5) is 4.39 Å². The fourth-order valence-corrected chi connectivity index (χ4v) is 2.38. The van der Waals surface area contributed by atoms with E-state index in [1.165, 1.54) is 6.07 Å². The summed E-state index contributed by atoms with van der Waals surface area (Å²) in [6, 6.07) is 4.59. The average Bonchev–Trinajstić information content (AvgIpc) is 2.42. The molecule has 1 heterocycles. The molecule has 0 aromatic heterocycles. The van der Waals surface area contributed by atoms with Gasteiger partial charge in [-0.15, -0.1) is 0 Å². The normalized spacial score (nSPS) is 17.6. The summed E-state index contributed by atoms with van der Waals surface area (Å²) in [7, 11) is 0. The van der Waals surface area contributed by atoms with Gasteiger partial charge in [0.1, 0.15) is 5.82 Å². The predicted molar refractivity (Wildman–Crippen MR) is 74.0 cm³/mol. The highest BCUT2D eigenvalue weighted by molar-refractivity contribution is 5.97. The molecule has 0 radical (unpaired) electrons. The first-order valence-corrected chi connectivity index (χ1v) is 6.84. The molecule has 0 spiro atoms. The number of hydrogen-bond donors (Lipinski definition) is 0. The van der Waals surface area contributed by atoms with Crippen LogP contribution < -0.4 is 0 Å². The van der Waals surface area contributed by atoms with E-state index in [1.807, 2.05) is 0 Å². The number of Topliss-reactive ketones (excluding diaryl/α,β-unsaturated/α-hetero) is 1. The summed E-state index contributed by atoms with van der Waals surface area (Å²) in [5, 5.41) is 0. The summed E-state index contributed by atoms with van der Waals surface area (Å²) in [5.74, 6) is -0.179. The third-order valence-corrected chi connectivity index (χ3v) is 3.76. The number of aryl methyl sites for hydroxylation is 1. The highest BCUT2D eigenvalue weighted by Crippen LogP contribution is 2.11. The quantitative estimate of drug-likeness (QED) is 0.777. The summed E-state index contributed by atoms with van der Waals surface area (Å²) in [4.78, 5) is 16.7. The van der Waals surface area contributed by atoms with Gasteiger partial charge in [-0.25, -0.2) is 4.39 Å². The van der Waals surface area contributed by atoms with Crippen LogP contribution >= 0.6 is 0 Å². The maximum atomic E-state index is 13.2. The van der Waals surface area contributed by atoms with Gasteiger partial charge in [0.05, 0.1) is 6.54 Å². The number of ketones is 1. The van der Waals surface area contributed by atoms with Crippen molar-refractivity contribution in [2.75, 3.05) is 39.3 Å². The van der Waals surface area contributed by atoms with Crippen LogP contribution in [0, 0.1) is 12.7 Å². The maximum Gasteiger partial charge on any atom is 0.176 e. The smallest absolute Gasteiger partial charge is 0.176 e. The second kappa shape index (κ2) is 6.26. The van der Waals surface area contributed by atoms with E-state index in [1.54, 1.807) is 19.1 Å². The van der Waals surface area contributed by atoms with Crippen molar-refractivity contribution in [2.24, 2.45) is 0 Å². The standard InChI is InChI=1S/C15H21FN2O/c1-3-17-6-8-18(9-7-17)11-15(19)13-4-5-14(16)12(2)10-13/h4-5,10H,3,6-9,11H2,1-2H3. The molecule has 2 rings (SSSR count). The molecule has 1 fully saturated rings. The molecule has 0 saturated carbocycles. The number of nitrogens with zero attached hydrogens (tertiary/aromatic N) is 2. The number of likely N-dealkylation sites (N-methyl/N-ethyl adjacent to an activating group) is 1. The van der Waals surface area contributed by atoms with Crippen molar-refractivity contribution in [3.05, 3.63) is 35.1 Å². The molecule has 3 nitrogen and oxygen atoms in total. The van der Waals surface area contributed by atoms with Crippen molar-refractivity contribution >= 4 is 5.78 Å². The van der Waals surface area contributed by atoms with Crippen molar-refractivity contribution in [3.63, 3.8) is 0 Å². The first-order chi connectivity index (χ1) is 9.10. The summed E-state index contributed by atoms with van der Waals surface area (Å²) in [5.41, 5.74) is 1.14. The highest BCUT2D eigenvalue weighted by atomic mass is 19.1. The van der Waals surface area contributed by atoms with E-state index >= 15 is 0 Å². The summed E-state index contributed by atoms with van der Waals surface area (Å²) in [6.07, 6.45) is 0. The minimum absolute atomic E-state index is 0.0769. The fraction of sp³-hybridized carbons (Fsp3) is 0.533. The average molecular weight is 264 g/mol. The number of carbonyl (C=O) groups excluding carboxylic acids is 1. The summed E-state index contributed by atoms with van der Waals surface area (Å²) >= 11 is 0. The molecule has 1 saturated heterocycles. The van der Waals surface area contributed by atoms with Crippen molar-refractivity contribution in [3.8, 4) is 0 Å². The number of benzene rings is 1. The van der Waals surface area contributed by atoms with Gasteiger partial charge in [-0.05, 0) is 37.2 Å². The van der Waals surface area contributed by atoms with Gasteiger partial charge >= 0.3 is 0 Å². The number of piperazine rings is 1. The molecule has 1 aliphatic heterocycles. The zero-order valence-corrected chi connectivity index (χ0v) is 11.7. The molecular weight excluding hydrogens is 243 g/mol. The molecule has 0 atom stereocenters. The van der Waals surface area contributed by atoms with Gasteiger partial charge in [0.25, 0.3) is 0 Å². The van der Waals surface area contributed by atoms with Crippen molar-refractivity contribution in [1.82, 2.24) is 9.80 Å². The van der Waals surface area contributed by atoms with E-state index in [4.69, 9.17) is 0 Å². The molecule has 1 aromatic carbocycles. The van der Waals surface area contributed by atoms with Crippen LogP contribution in [-0.2, 0) is 0 Å². The Hall–Kier alpha value is -1.26. The first kappa shape index (κ1) is 14.2. The van der Waals surface area contributed by atoms with Crippen LogP contribution in [0.15, 0.2) is 18.2 Å². The van der Waals surface area contributed by atoms with E-state index < -0.39 is 0 Å². The van der Waals surface area contributed by atoms with Gasteiger partial charge in [0, 0.05) is 31.7 Å². The molecular formula is C15H21FN2O. The Morgan fingerprint density at radius 1 is 1.21 bits per heavy atom. The van der Waals surface area contributed by atoms with Gasteiger partial charge in [-0.1, -0.05) is 6.92 Å². The SMILES string of the molecule is CCN1CCN(CC(=O)c2ccc(F)c(C)c2)CC1. The lowest BCUT2D eigenvalue weighted by atomic mass is 10.1. The molecule has 0 unspecified atom stereocenters. The minimum atomic E-state index is -0.256. The topological polar surface area (TPSA) is 23.6 Å². The molecule has 0 N–H and O–H groups in total. The van der Waals surface area contributed by atoms with Crippen LogP contribution in [0.1, 0.15) is 22.8 Å². The number of carbonyl (C=O) groups is 1. The Kier molecular flexibility index (Phi) is 4.66. The molecule has 104 valence electrons. The second-order valence-corrected chi connectivity index (χ2v) is 5.10. The van der Waals surface area contributed by atoms with Gasteiger partial charge in [-0.3, -0.25) is 9.69 Å². The van der Waals surface area contributed by atoms with E-state index in [0.29, 0.717) is 17.7 Å². The van der Waals surface area contributed by atoms with Gasteiger partial charge in [0.2, 0.25) is 0 Å². The molecule has 0 amide bonds. The summed E-state index contributed by atoms with van der Waals surface area (Å²) < 4.78 is 13.2. The molecule has 1 aliphatic rings. The summed E-state index contributed by atoms with van der Waals surface area (Å²) in [6.45, 7) is 9.24. The fourth-order valence-electron chi connectivity index (χ4n) is 2.38. The number of rotatable bonds is 4. The van der Waals surface area contributed by atoms with Crippen molar-refractivity contribution < 1.29 is 9.18 Å². The maximum absolute atomic E-state index is 13.2. The first-order valence-electron chi connectivity index (χ1n) is 6.84. The molecule has 1 aromatic rings.